The zero-order valence-electron chi connectivity index (χ0n) is 21.2. The molecule has 1 aromatic heterocycles. The second kappa shape index (κ2) is 12.4. The molecular formula is C28H40ClN3O2. The van der Waals surface area contributed by atoms with E-state index < -0.39 is 0 Å². The summed E-state index contributed by atoms with van der Waals surface area (Å²) < 4.78 is 2.18. The highest BCUT2D eigenvalue weighted by Gasteiger charge is 2.30. The highest BCUT2D eigenvalue weighted by atomic mass is 35.5. The molecule has 0 N–H and O–H groups in total. The Bertz CT molecular complexity index is 949. The first kappa shape index (κ1) is 26.3. The summed E-state index contributed by atoms with van der Waals surface area (Å²) in [5.74, 6) is -0.0298. The molecule has 1 heterocycles. The van der Waals surface area contributed by atoms with E-state index in [2.05, 4.69) is 23.8 Å². The molecule has 0 spiro atoms. The van der Waals surface area contributed by atoms with Crippen molar-refractivity contribution >= 4 is 23.4 Å². The van der Waals surface area contributed by atoms with Crippen LogP contribution in [0.1, 0.15) is 77.5 Å². The average molecular weight is 486 g/mol. The largest absolute Gasteiger partial charge is 0.345 e. The second-order valence-corrected chi connectivity index (χ2v) is 10.3. The van der Waals surface area contributed by atoms with E-state index in [-0.39, 0.29) is 36.4 Å². The molecule has 1 fully saturated rings. The van der Waals surface area contributed by atoms with Crippen molar-refractivity contribution in [3.63, 3.8) is 0 Å². The fourth-order valence-corrected chi connectivity index (χ4v) is 4.98. The lowest BCUT2D eigenvalue weighted by molar-refractivity contribution is -0.146. The van der Waals surface area contributed by atoms with E-state index in [4.69, 9.17) is 11.6 Å². The van der Waals surface area contributed by atoms with Gasteiger partial charge in [0.15, 0.2) is 0 Å². The Balaban J connectivity index is 1.83. The minimum absolute atomic E-state index is 0.0381. The van der Waals surface area contributed by atoms with E-state index in [0.717, 1.165) is 48.4 Å². The van der Waals surface area contributed by atoms with Crippen molar-refractivity contribution in [2.24, 2.45) is 5.92 Å². The number of benzene rings is 1. The maximum atomic E-state index is 13.8. The van der Waals surface area contributed by atoms with Gasteiger partial charge in [-0.1, -0.05) is 69.8 Å². The highest BCUT2D eigenvalue weighted by Crippen LogP contribution is 2.26. The van der Waals surface area contributed by atoms with Gasteiger partial charge in [0.05, 0.1) is 6.54 Å². The van der Waals surface area contributed by atoms with Crippen LogP contribution in [0.4, 0.5) is 0 Å². The molecule has 1 atom stereocenters. The SMILES string of the molecule is CCC(C)N(CC(=O)N(Cc1cccn1Cc1ccccc1Cl)C1CCCCC1)C(=O)C(C)C. The van der Waals surface area contributed by atoms with Gasteiger partial charge in [0.25, 0.3) is 0 Å². The summed E-state index contributed by atoms with van der Waals surface area (Å²) in [6, 6.07) is 12.3. The number of aromatic nitrogens is 1. The predicted molar refractivity (Wildman–Crippen MR) is 139 cm³/mol. The topological polar surface area (TPSA) is 45.6 Å². The summed E-state index contributed by atoms with van der Waals surface area (Å²) >= 11 is 6.41. The third-order valence-corrected chi connectivity index (χ3v) is 7.46. The van der Waals surface area contributed by atoms with Gasteiger partial charge in [0, 0.05) is 41.5 Å². The molecule has 2 amide bonds. The van der Waals surface area contributed by atoms with Crippen LogP contribution in [0, 0.1) is 5.92 Å². The van der Waals surface area contributed by atoms with Gasteiger partial charge in [-0.2, -0.15) is 0 Å². The van der Waals surface area contributed by atoms with Crippen molar-refractivity contribution in [2.75, 3.05) is 6.54 Å². The Morgan fingerprint density at radius 2 is 1.76 bits per heavy atom. The summed E-state index contributed by atoms with van der Waals surface area (Å²) in [6.07, 6.45) is 8.46. The van der Waals surface area contributed by atoms with E-state index in [1.54, 1.807) is 4.90 Å². The van der Waals surface area contributed by atoms with Crippen LogP contribution in [0.5, 0.6) is 0 Å². The number of nitrogens with zero attached hydrogens (tertiary/aromatic N) is 3. The molecule has 1 aromatic carbocycles. The minimum atomic E-state index is -0.127. The summed E-state index contributed by atoms with van der Waals surface area (Å²) in [4.78, 5) is 30.5. The molecule has 3 rings (SSSR count). The van der Waals surface area contributed by atoms with Crippen molar-refractivity contribution in [1.29, 1.82) is 0 Å². The smallest absolute Gasteiger partial charge is 0.242 e. The first-order chi connectivity index (χ1) is 16.3. The Morgan fingerprint density at radius 1 is 1.06 bits per heavy atom. The van der Waals surface area contributed by atoms with Crippen LogP contribution in [-0.2, 0) is 22.7 Å². The van der Waals surface area contributed by atoms with E-state index >= 15 is 0 Å². The molecule has 1 unspecified atom stereocenters. The monoisotopic (exact) mass is 485 g/mol. The van der Waals surface area contributed by atoms with E-state index in [1.807, 2.05) is 56.0 Å². The van der Waals surface area contributed by atoms with Crippen molar-refractivity contribution in [1.82, 2.24) is 14.4 Å². The first-order valence-electron chi connectivity index (χ1n) is 12.8. The molecule has 0 bridgehead atoms. The molecule has 6 heteroatoms. The first-order valence-corrected chi connectivity index (χ1v) is 13.2. The molecule has 2 aromatic rings. The molecule has 1 aliphatic rings. The third kappa shape index (κ3) is 6.65. The van der Waals surface area contributed by atoms with Crippen molar-refractivity contribution < 1.29 is 9.59 Å². The quantitative estimate of drug-likeness (QED) is 0.406. The molecule has 1 aliphatic carbocycles. The van der Waals surface area contributed by atoms with Crippen LogP contribution in [0.2, 0.25) is 5.02 Å². The van der Waals surface area contributed by atoms with Crippen molar-refractivity contribution in [2.45, 2.75) is 91.4 Å². The maximum Gasteiger partial charge on any atom is 0.242 e. The lowest BCUT2D eigenvalue weighted by Crippen LogP contribution is -2.50. The Labute approximate surface area is 210 Å². The number of halogens is 1. The van der Waals surface area contributed by atoms with Gasteiger partial charge in [-0.15, -0.1) is 0 Å². The molecule has 1 saturated carbocycles. The highest BCUT2D eigenvalue weighted by molar-refractivity contribution is 6.31. The van der Waals surface area contributed by atoms with Gasteiger partial charge < -0.3 is 14.4 Å². The van der Waals surface area contributed by atoms with Crippen LogP contribution in [0.3, 0.4) is 0 Å². The van der Waals surface area contributed by atoms with Crippen molar-refractivity contribution in [3.05, 3.63) is 58.9 Å². The van der Waals surface area contributed by atoms with Gasteiger partial charge >= 0.3 is 0 Å². The molecular weight excluding hydrogens is 446 g/mol. The van der Waals surface area contributed by atoms with Gasteiger partial charge in [0.1, 0.15) is 6.54 Å². The van der Waals surface area contributed by atoms with Gasteiger partial charge in [-0.3, -0.25) is 9.59 Å². The Kier molecular flexibility index (Phi) is 9.63. The standard InChI is InChI=1S/C28H40ClN3O2/c1-5-22(4)31(28(34)21(2)3)20-27(33)32(24-13-7-6-8-14-24)19-25-15-11-17-30(25)18-23-12-9-10-16-26(23)29/h9-12,15-17,21-22,24H,5-8,13-14,18-20H2,1-4H3. The lowest BCUT2D eigenvalue weighted by atomic mass is 9.94. The Hall–Kier alpha value is -2.27. The van der Waals surface area contributed by atoms with Gasteiger partial charge in [-0.05, 0) is 49.9 Å². The van der Waals surface area contributed by atoms with E-state index in [9.17, 15) is 9.59 Å². The molecule has 0 aliphatic heterocycles. The van der Waals surface area contributed by atoms with Crippen LogP contribution in [0.15, 0.2) is 42.6 Å². The normalized spacial score (nSPS) is 15.4. The number of amides is 2. The summed E-state index contributed by atoms with van der Waals surface area (Å²) in [5.41, 5.74) is 2.15. The molecule has 0 radical (unpaired) electrons. The second-order valence-electron chi connectivity index (χ2n) is 9.91. The summed E-state index contributed by atoms with van der Waals surface area (Å²) in [7, 11) is 0. The Morgan fingerprint density at radius 3 is 2.41 bits per heavy atom. The molecule has 0 saturated heterocycles. The van der Waals surface area contributed by atoms with E-state index in [1.165, 1.54) is 6.42 Å². The van der Waals surface area contributed by atoms with E-state index in [0.29, 0.717) is 13.1 Å². The van der Waals surface area contributed by atoms with Gasteiger partial charge in [-0.25, -0.2) is 0 Å². The zero-order chi connectivity index (χ0) is 24.7. The third-order valence-electron chi connectivity index (χ3n) is 7.10. The summed E-state index contributed by atoms with van der Waals surface area (Å²) in [5, 5.41) is 0.749. The maximum absolute atomic E-state index is 13.8. The number of hydrogen-bond acceptors (Lipinski definition) is 2. The minimum Gasteiger partial charge on any atom is -0.345 e. The molecule has 186 valence electrons. The number of hydrogen-bond donors (Lipinski definition) is 0. The van der Waals surface area contributed by atoms with Crippen LogP contribution >= 0.6 is 11.6 Å². The fourth-order valence-electron chi connectivity index (χ4n) is 4.79. The van der Waals surface area contributed by atoms with Gasteiger partial charge in [0.2, 0.25) is 11.8 Å². The number of carbonyl (C=O) groups excluding carboxylic acids is 2. The number of rotatable bonds is 10. The number of carbonyl (C=O) groups is 2. The summed E-state index contributed by atoms with van der Waals surface area (Å²) in [6.45, 7) is 9.27. The average Bonchev–Trinajstić information content (AvgIpc) is 3.28. The zero-order valence-corrected chi connectivity index (χ0v) is 21.9. The van der Waals surface area contributed by atoms with Crippen LogP contribution < -0.4 is 0 Å². The predicted octanol–water partition coefficient (Wildman–Crippen LogP) is 6.13. The van der Waals surface area contributed by atoms with Crippen LogP contribution in [-0.4, -0.2) is 44.8 Å². The fraction of sp³-hybridized carbons (Fsp3) is 0.571. The van der Waals surface area contributed by atoms with Crippen LogP contribution in [0.25, 0.3) is 0 Å². The molecule has 5 nitrogen and oxygen atoms in total. The lowest BCUT2D eigenvalue weighted by Gasteiger charge is -2.37. The van der Waals surface area contributed by atoms with Crippen molar-refractivity contribution in [3.8, 4) is 0 Å². The molecule has 34 heavy (non-hydrogen) atoms.